The first-order valence-corrected chi connectivity index (χ1v) is 8.79. The normalized spacial score (nSPS) is 18.0. The molecule has 1 aromatic rings. The van der Waals surface area contributed by atoms with Crippen molar-refractivity contribution >= 4 is 15.7 Å². The molecular formula is C15H24N2O3S. The Morgan fingerprint density at radius 2 is 1.90 bits per heavy atom. The number of sulfonamides is 1. The van der Waals surface area contributed by atoms with Gasteiger partial charge in [-0.15, -0.1) is 0 Å². The number of nitrogens with zero attached hydrogens (tertiary/aromatic N) is 1. The summed E-state index contributed by atoms with van der Waals surface area (Å²) in [6, 6.07) is 3.52. The molecule has 118 valence electrons. The van der Waals surface area contributed by atoms with E-state index >= 15 is 0 Å². The van der Waals surface area contributed by atoms with Crippen molar-refractivity contribution in [3.63, 3.8) is 0 Å². The highest BCUT2D eigenvalue weighted by Gasteiger charge is 2.32. The molecule has 21 heavy (non-hydrogen) atoms. The Hall–Kier alpha value is -1.11. The zero-order chi connectivity index (χ0) is 15.6. The molecule has 0 atom stereocenters. The topological polar surface area (TPSA) is 72.6 Å². The zero-order valence-corrected chi connectivity index (χ0v) is 13.7. The van der Waals surface area contributed by atoms with E-state index in [1.165, 1.54) is 0 Å². The molecule has 0 amide bonds. The number of piperidine rings is 1. The molecule has 5 nitrogen and oxygen atoms in total. The van der Waals surface area contributed by atoms with Crippen LogP contribution < -0.4 is 5.73 Å². The van der Waals surface area contributed by atoms with E-state index in [9.17, 15) is 8.42 Å². The number of hydrogen-bond acceptors (Lipinski definition) is 4. The molecule has 1 fully saturated rings. The van der Waals surface area contributed by atoms with Crippen LogP contribution in [0.2, 0.25) is 0 Å². The van der Waals surface area contributed by atoms with Crippen LogP contribution in [0.5, 0.6) is 0 Å². The van der Waals surface area contributed by atoms with Crippen LogP contribution in [0.3, 0.4) is 0 Å². The van der Waals surface area contributed by atoms with E-state index in [2.05, 4.69) is 0 Å². The lowest BCUT2D eigenvalue weighted by molar-refractivity contribution is 0.0290. The fourth-order valence-corrected chi connectivity index (χ4v) is 4.77. The minimum atomic E-state index is -3.49. The minimum absolute atomic E-state index is 0.171. The van der Waals surface area contributed by atoms with Gasteiger partial charge in [-0.2, -0.15) is 4.31 Å². The van der Waals surface area contributed by atoms with Gasteiger partial charge in [0.15, 0.2) is 0 Å². The van der Waals surface area contributed by atoms with E-state index < -0.39 is 10.0 Å². The average Bonchev–Trinajstić information content (AvgIpc) is 2.44. The van der Waals surface area contributed by atoms with Gasteiger partial charge >= 0.3 is 0 Å². The van der Waals surface area contributed by atoms with Crippen molar-refractivity contribution in [2.24, 2.45) is 0 Å². The predicted octanol–water partition coefficient (Wildman–Crippen LogP) is 2.08. The van der Waals surface area contributed by atoms with Gasteiger partial charge in [-0.1, -0.05) is 6.07 Å². The number of hydrogen-bond donors (Lipinski definition) is 1. The van der Waals surface area contributed by atoms with Gasteiger partial charge in [0.25, 0.3) is 0 Å². The van der Waals surface area contributed by atoms with Gasteiger partial charge in [-0.05, 0) is 50.8 Å². The van der Waals surface area contributed by atoms with Gasteiger partial charge in [0.1, 0.15) is 0 Å². The van der Waals surface area contributed by atoms with E-state index in [1.54, 1.807) is 23.4 Å². The Labute approximate surface area is 127 Å². The Balaban J connectivity index is 2.26. The van der Waals surface area contributed by atoms with E-state index in [1.807, 2.05) is 13.8 Å². The van der Waals surface area contributed by atoms with Crippen LogP contribution in [0, 0.1) is 13.8 Å². The summed E-state index contributed by atoms with van der Waals surface area (Å²) in [5.74, 6) is 0. The second kappa shape index (κ2) is 6.34. The summed E-state index contributed by atoms with van der Waals surface area (Å²) in [5, 5.41) is 0. The molecule has 0 bridgehead atoms. The van der Waals surface area contributed by atoms with Crippen LogP contribution in [0.4, 0.5) is 5.69 Å². The molecule has 0 spiro atoms. The monoisotopic (exact) mass is 312 g/mol. The molecule has 2 N–H and O–H groups in total. The Morgan fingerprint density at radius 1 is 1.29 bits per heavy atom. The van der Waals surface area contributed by atoms with Crippen LogP contribution in [0.15, 0.2) is 17.0 Å². The lowest BCUT2D eigenvalue weighted by Gasteiger charge is -2.31. The second-order valence-electron chi connectivity index (χ2n) is 5.48. The van der Waals surface area contributed by atoms with Crippen molar-refractivity contribution in [2.75, 3.05) is 25.4 Å². The SMILES string of the molecule is CCOC1CCN(S(=O)(=O)c2c(C)ccc(N)c2C)CC1. The second-order valence-corrected chi connectivity index (χ2v) is 7.36. The summed E-state index contributed by atoms with van der Waals surface area (Å²) in [6.45, 7) is 7.21. The molecule has 6 heteroatoms. The summed E-state index contributed by atoms with van der Waals surface area (Å²) >= 11 is 0. The summed E-state index contributed by atoms with van der Waals surface area (Å²) < 4.78 is 32.9. The van der Waals surface area contributed by atoms with E-state index in [-0.39, 0.29) is 6.10 Å². The number of benzene rings is 1. The number of aryl methyl sites for hydroxylation is 1. The molecule has 0 aromatic heterocycles. The average molecular weight is 312 g/mol. The molecule has 1 aliphatic rings. The highest BCUT2D eigenvalue weighted by atomic mass is 32.2. The molecule has 1 heterocycles. The number of nitrogen functional groups attached to an aromatic ring is 1. The Morgan fingerprint density at radius 3 is 2.48 bits per heavy atom. The van der Waals surface area contributed by atoms with Gasteiger partial charge in [0, 0.05) is 25.4 Å². The quantitative estimate of drug-likeness (QED) is 0.864. The first-order valence-electron chi connectivity index (χ1n) is 7.35. The molecule has 0 saturated carbocycles. The third-order valence-electron chi connectivity index (χ3n) is 4.05. The van der Waals surface area contributed by atoms with Crippen LogP contribution in [0.1, 0.15) is 30.9 Å². The van der Waals surface area contributed by atoms with Crippen molar-refractivity contribution in [3.05, 3.63) is 23.3 Å². The summed E-state index contributed by atoms with van der Waals surface area (Å²) in [7, 11) is -3.49. The van der Waals surface area contributed by atoms with Crippen molar-refractivity contribution in [1.29, 1.82) is 0 Å². The van der Waals surface area contributed by atoms with Gasteiger partial charge in [-0.25, -0.2) is 8.42 Å². The highest BCUT2D eigenvalue weighted by molar-refractivity contribution is 7.89. The highest BCUT2D eigenvalue weighted by Crippen LogP contribution is 2.29. The molecule has 0 radical (unpaired) electrons. The molecule has 0 unspecified atom stereocenters. The third kappa shape index (κ3) is 3.22. The smallest absolute Gasteiger partial charge is 0.243 e. The summed E-state index contributed by atoms with van der Waals surface area (Å²) in [6.07, 6.45) is 1.66. The van der Waals surface area contributed by atoms with Gasteiger partial charge in [0.2, 0.25) is 10.0 Å². The largest absolute Gasteiger partial charge is 0.398 e. The number of ether oxygens (including phenoxy) is 1. The molecule has 1 aliphatic heterocycles. The molecule has 1 saturated heterocycles. The Bertz CT molecular complexity index is 606. The van der Waals surface area contributed by atoms with Gasteiger partial charge in [0.05, 0.1) is 11.0 Å². The van der Waals surface area contributed by atoms with E-state index in [0.717, 1.165) is 18.4 Å². The number of rotatable bonds is 4. The fourth-order valence-electron chi connectivity index (χ4n) is 2.84. The third-order valence-corrected chi connectivity index (χ3v) is 6.23. The van der Waals surface area contributed by atoms with Crippen LogP contribution in [-0.2, 0) is 14.8 Å². The molecule has 1 aromatic carbocycles. The number of nitrogens with two attached hydrogens (primary N) is 1. The van der Waals surface area contributed by atoms with E-state index in [0.29, 0.717) is 35.8 Å². The predicted molar refractivity (Wildman–Crippen MR) is 83.7 cm³/mol. The number of anilines is 1. The first kappa shape index (κ1) is 16.3. The van der Waals surface area contributed by atoms with Gasteiger partial charge in [-0.3, -0.25) is 0 Å². The fraction of sp³-hybridized carbons (Fsp3) is 0.600. The van der Waals surface area contributed by atoms with E-state index in [4.69, 9.17) is 10.5 Å². The van der Waals surface area contributed by atoms with Crippen molar-refractivity contribution < 1.29 is 13.2 Å². The summed E-state index contributed by atoms with van der Waals surface area (Å²) in [4.78, 5) is 0.359. The lowest BCUT2D eigenvalue weighted by atomic mass is 10.1. The maximum atomic E-state index is 12.9. The standard InChI is InChI=1S/C15H24N2O3S/c1-4-20-13-7-9-17(10-8-13)21(18,19)15-11(2)5-6-14(16)12(15)3/h5-6,13H,4,7-10,16H2,1-3H3. The van der Waals surface area contributed by atoms with Crippen molar-refractivity contribution in [3.8, 4) is 0 Å². The zero-order valence-electron chi connectivity index (χ0n) is 12.9. The first-order chi connectivity index (χ1) is 9.87. The molecular weight excluding hydrogens is 288 g/mol. The van der Waals surface area contributed by atoms with Crippen LogP contribution >= 0.6 is 0 Å². The van der Waals surface area contributed by atoms with Crippen molar-refractivity contribution in [1.82, 2.24) is 4.31 Å². The molecule has 0 aliphatic carbocycles. The van der Waals surface area contributed by atoms with Crippen LogP contribution in [0.25, 0.3) is 0 Å². The summed E-state index contributed by atoms with van der Waals surface area (Å²) in [5.41, 5.74) is 7.78. The maximum absolute atomic E-state index is 12.9. The Kier molecular flexibility index (Phi) is 4.91. The van der Waals surface area contributed by atoms with Crippen LogP contribution in [-0.4, -0.2) is 38.5 Å². The van der Waals surface area contributed by atoms with Crippen molar-refractivity contribution in [2.45, 2.75) is 44.6 Å². The van der Waals surface area contributed by atoms with Gasteiger partial charge < -0.3 is 10.5 Å². The minimum Gasteiger partial charge on any atom is -0.398 e. The lowest BCUT2D eigenvalue weighted by Crippen LogP contribution is -2.41. The maximum Gasteiger partial charge on any atom is 0.243 e. The molecule has 2 rings (SSSR count).